The first-order chi connectivity index (χ1) is 13.0. The van der Waals surface area contributed by atoms with E-state index in [1.807, 2.05) is 19.2 Å². The van der Waals surface area contributed by atoms with Crippen molar-refractivity contribution in [3.05, 3.63) is 47.7 Å². The van der Waals surface area contributed by atoms with Crippen LogP contribution < -0.4 is 16.0 Å². The first-order valence-electron chi connectivity index (χ1n) is 8.97. The van der Waals surface area contributed by atoms with Crippen molar-refractivity contribution >= 4 is 17.9 Å². The fourth-order valence-corrected chi connectivity index (χ4v) is 2.53. The molecule has 1 aromatic carbocycles. The number of nitrogens with one attached hydrogen (secondary N) is 1. The Bertz CT molecular complexity index is 701. The Balaban J connectivity index is 0.000000239. The maximum atomic E-state index is 8.58. The van der Waals surface area contributed by atoms with Gasteiger partial charge in [-0.05, 0) is 48.6 Å². The average Bonchev–Trinajstić information content (AvgIpc) is 3.24. The topological polar surface area (TPSA) is 108 Å². The summed E-state index contributed by atoms with van der Waals surface area (Å²) in [5.74, 6) is 1.51. The molecule has 3 N–H and O–H groups in total. The second kappa shape index (κ2) is 12.3. The van der Waals surface area contributed by atoms with E-state index < -0.39 is 0 Å². The van der Waals surface area contributed by atoms with Gasteiger partial charge in [-0.25, -0.2) is 0 Å². The van der Waals surface area contributed by atoms with Crippen LogP contribution in [0.3, 0.4) is 0 Å². The average molecular weight is 368 g/mol. The number of nitriles is 1. The minimum absolute atomic E-state index is 0.250. The van der Waals surface area contributed by atoms with E-state index in [4.69, 9.17) is 10.1 Å². The van der Waals surface area contributed by atoms with Crippen molar-refractivity contribution in [1.29, 1.82) is 5.26 Å². The van der Waals surface area contributed by atoms with Gasteiger partial charge in [0.05, 0.1) is 0 Å². The highest BCUT2D eigenvalue weighted by atomic mass is 16.1. The number of hydrogen-bond acceptors (Lipinski definition) is 6. The molecule has 1 fully saturated rings. The zero-order valence-electron chi connectivity index (χ0n) is 16.2. The van der Waals surface area contributed by atoms with Gasteiger partial charge in [0.2, 0.25) is 6.41 Å². The maximum Gasteiger partial charge on any atom is 0.204 e. The van der Waals surface area contributed by atoms with Crippen molar-refractivity contribution in [2.24, 2.45) is 5.73 Å². The highest BCUT2D eigenvalue weighted by molar-refractivity contribution is 5.44. The lowest BCUT2D eigenvalue weighted by molar-refractivity contribution is -0.106. The highest BCUT2D eigenvalue weighted by Crippen LogP contribution is 2.17. The number of anilines is 2. The Hall–Kier alpha value is -3.14. The van der Waals surface area contributed by atoms with E-state index in [0.29, 0.717) is 11.6 Å². The summed E-state index contributed by atoms with van der Waals surface area (Å²) in [5, 5.41) is 19.4. The van der Waals surface area contributed by atoms with Crippen LogP contribution in [-0.2, 0) is 4.79 Å². The molecule has 1 amide bonds. The van der Waals surface area contributed by atoms with Crippen LogP contribution in [0.25, 0.3) is 0 Å². The summed E-state index contributed by atoms with van der Waals surface area (Å²) >= 11 is 0. The van der Waals surface area contributed by atoms with Gasteiger partial charge in [0.15, 0.2) is 11.5 Å². The molecule has 2 heterocycles. The molecular formula is C20H28N6O. The molecule has 27 heavy (non-hydrogen) atoms. The first kappa shape index (κ1) is 21.9. The fourth-order valence-electron chi connectivity index (χ4n) is 2.53. The van der Waals surface area contributed by atoms with Crippen molar-refractivity contribution in [2.75, 3.05) is 30.4 Å². The molecule has 144 valence electrons. The van der Waals surface area contributed by atoms with Gasteiger partial charge in [0, 0.05) is 25.8 Å². The molecule has 3 rings (SSSR count). The molecule has 7 nitrogen and oxygen atoms in total. The van der Waals surface area contributed by atoms with Crippen LogP contribution >= 0.6 is 0 Å². The Morgan fingerprint density at radius 3 is 2.15 bits per heavy atom. The van der Waals surface area contributed by atoms with Crippen LogP contribution in [0.1, 0.15) is 43.9 Å². The summed E-state index contributed by atoms with van der Waals surface area (Å²) in [7, 11) is 1.93. The number of hydrogen-bond donors (Lipinski definition) is 2. The van der Waals surface area contributed by atoms with Crippen molar-refractivity contribution in [3.8, 4) is 6.07 Å². The summed E-state index contributed by atoms with van der Waals surface area (Å²) in [4.78, 5) is 10.8. The SMILES string of the molecule is CNc1ccc(C(C)C)cc1.N#Cc1ccc(N2CCCC2)nn1.NC=O. The van der Waals surface area contributed by atoms with Crippen molar-refractivity contribution in [1.82, 2.24) is 10.2 Å². The van der Waals surface area contributed by atoms with Crippen molar-refractivity contribution in [2.45, 2.75) is 32.6 Å². The number of benzene rings is 1. The lowest BCUT2D eigenvalue weighted by atomic mass is 10.0. The molecule has 1 aliphatic rings. The molecule has 1 aromatic heterocycles. The molecule has 0 spiro atoms. The van der Waals surface area contributed by atoms with E-state index in [1.54, 1.807) is 6.07 Å². The van der Waals surface area contributed by atoms with E-state index in [0.717, 1.165) is 18.9 Å². The van der Waals surface area contributed by atoms with E-state index in [-0.39, 0.29) is 6.41 Å². The Kier molecular flexibility index (Phi) is 9.94. The molecule has 0 saturated carbocycles. The molecule has 0 bridgehead atoms. The number of carbonyl (C=O) groups excluding carboxylic acids is 1. The van der Waals surface area contributed by atoms with Crippen LogP contribution in [0.2, 0.25) is 0 Å². The molecule has 0 radical (unpaired) electrons. The molecule has 7 heteroatoms. The second-order valence-corrected chi connectivity index (χ2v) is 6.25. The number of primary amides is 1. The molecule has 2 aromatic rings. The third kappa shape index (κ3) is 7.74. The first-order valence-corrected chi connectivity index (χ1v) is 8.97. The molecule has 0 unspecified atom stereocenters. The second-order valence-electron chi connectivity index (χ2n) is 6.25. The zero-order chi connectivity index (χ0) is 20.1. The monoisotopic (exact) mass is 368 g/mol. The van der Waals surface area contributed by atoms with Crippen LogP contribution in [0, 0.1) is 11.3 Å². The van der Waals surface area contributed by atoms with E-state index >= 15 is 0 Å². The number of nitrogens with zero attached hydrogens (tertiary/aromatic N) is 4. The highest BCUT2D eigenvalue weighted by Gasteiger charge is 2.13. The van der Waals surface area contributed by atoms with Crippen LogP contribution in [-0.4, -0.2) is 36.7 Å². The van der Waals surface area contributed by atoms with Gasteiger partial charge in [-0.15, -0.1) is 10.2 Å². The van der Waals surface area contributed by atoms with Gasteiger partial charge in [0.1, 0.15) is 6.07 Å². The molecule has 0 atom stereocenters. The third-order valence-corrected chi connectivity index (χ3v) is 4.06. The van der Waals surface area contributed by atoms with Crippen LogP contribution in [0.5, 0.6) is 0 Å². The van der Waals surface area contributed by atoms with Crippen molar-refractivity contribution in [3.63, 3.8) is 0 Å². The summed E-state index contributed by atoms with van der Waals surface area (Å²) in [6, 6.07) is 14.1. The van der Waals surface area contributed by atoms with Crippen LogP contribution in [0.4, 0.5) is 11.5 Å². The lowest BCUT2D eigenvalue weighted by Gasteiger charge is -2.14. The Morgan fingerprint density at radius 2 is 1.74 bits per heavy atom. The minimum atomic E-state index is 0.250. The van der Waals surface area contributed by atoms with Crippen LogP contribution in [0.15, 0.2) is 36.4 Å². The van der Waals surface area contributed by atoms with E-state index in [2.05, 4.69) is 64.3 Å². The Labute approximate surface area is 161 Å². The predicted octanol–water partition coefficient (Wildman–Crippen LogP) is 2.90. The molecule has 1 aliphatic heterocycles. The maximum absolute atomic E-state index is 8.58. The summed E-state index contributed by atoms with van der Waals surface area (Å²) in [6.07, 6.45) is 2.70. The molecule has 0 aliphatic carbocycles. The zero-order valence-corrected chi connectivity index (χ0v) is 16.2. The van der Waals surface area contributed by atoms with Gasteiger partial charge in [-0.2, -0.15) is 5.26 Å². The third-order valence-electron chi connectivity index (χ3n) is 4.06. The quantitative estimate of drug-likeness (QED) is 0.807. The normalized spacial score (nSPS) is 12.2. The molecular weight excluding hydrogens is 340 g/mol. The van der Waals surface area contributed by atoms with E-state index in [9.17, 15) is 0 Å². The smallest absolute Gasteiger partial charge is 0.204 e. The predicted molar refractivity (Wildman–Crippen MR) is 109 cm³/mol. The standard InChI is InChI=1S/C10H15N.C9H10N4.CH3NO/c1-8(2)9-4-6-10(11-3)7-5-9;10-7-8-3-4-9(12-11-8)13-5-1-2-6-13;2-1-3/h4-8,11H,1-3H3;3-4H,1-2,5-6H2;1H,(H2,2,3). The largest absolute Gasteiger partial charge is 0.388 e. The fraction of sp³-hybridized carbons (Fsp3) is 0.400. The number of rotatable bonds is 3. The number of nitrogens with two attached hydrogens (primary N) is 1. The van der Waals surface area contributed by atoms with Gasteiger partial charge >= 0.3 is 0 Å². The number of aromatic nitrogens is 2. The van der Waals surface area contributed by atoms with Gasteiger partial charge in [0.25, 0.3) is 0 Å². The summed E-state index contributed by atoms with van der Waals surface area (Å²) in [6.45, 7) is 6.52. The lowest BCUT2D eigenvalue weighted by Crippen LogP contribution is -2.19. The van der Waals surface area contributed by atoms with Gasteiger partial charge < -0.3 is 16.0 Å². The number of carbonyl (C=O) groups is 1. The van der Waals surface area contributed by atoms with Crippen molar-refractivity contribution < 1.29 is 4.79 Å². The van der Waals surface area contributed by atoms with E-state index in [1.165, 1.54) is 24.1 Å². The Morgan fingerprint density at radius 1 is 1.15 bits per heavy atom. The van der Waals surface area contributed by atoms with Gasteiger partial charge in [-0.1, -0.05) is 26.0 Å². The molecule has 1 saturated heterocycles. The minimum Gasteiger partial charge on any atom is -0.388 e. The summed E-state index contributed by atoms with van der Waals surface area (Å²) < 4.78 is 0. The summed E-state index contributed by atoms with van der Waals surface area (Å²) in [5.41, 5.74) is 7.11. The number of amides is 1. The van der Waals surface area contributed by atoms with Gasteiger partial charge in [-0.3, -0.25) is 4.79 Å².